The summed E-state index contributed by atoms with van der Waals surface area (Å²) in [5, 5.41) is 0. The Morgan fingerprint density at radius 2 is 1.05 bits per heavy atom. The predicted octanol–water partition coefficient (Wildman–Crippen LogP) is 3.69. The van der Waals surface area contributed by atoms with Gasteiger partial charge < -0.3 is 9.47 Å². The fraction of sp³-hybridized carbons (Fsp3) is 0.176. The van der Waals surface area contributed by atoms with Crippen molar-refractivity contribution < 1.29 is 9.47 Å². The summed E-state index contributed by atoms with van der Waals surface area (Å²) >= 11 is 0. The second-order valence-electron chi connectivity index (χ2n) is 4.74. The van der Waals surface area contributed by atoms with Crippen LogP contribution >= 0.6 is 0 Å². The monoisotopic (exact) mass is 252 g/mol. The first-order chi connectivity index (χ1) is 9.36. The van der Waals surface area contributed by atoms with E-state index in [1.54, 1.807) is 12.5 Å². The molecule has 96 valence electrons. The Kier molecular flexibility index (Phi) is 3.23. The van der Waals surface area contributed by atoms with Gasteiger partial charge in [-0.2, -0.15) is 0 Å². The summed E-state index contributed by atoms with van der Waals surface area (Å²) in [5.74, 6) is -0.608. The lowest BCUT2D eigenvalue weighted by atomic mass is 9.98. The summed E-state index contributed by atoms with van der Waals surface area (Å²) in [7, 11) is 0. The van der Waals surface area contributed by atoms with E-state index in [-0.39, 0.29) is 0 Å². The van der Waals surface area contributed by atoms with Crippen molar-refractivity contribution in [2.45, 2.75) is 18.6 Å². The molecule has 0 saturated carbocycles. The zero-order chi connectivity index (χ0) is 13.0. The van der Waals surface area contributed by atoms with E-state index < -0.39 is 5.79 Å². The summed E-state index contributed by atoms with van der Waals surface area (Å²) in [6.45, 7) is 0. The number of benzene rings is 2. The maximum absolute atomic E-state index is 5.75. The van der Waals surface area contributed by atoms with Gasteiger partial charge in [-0.1, -0.05) is 60.7 Å². The van der Waals surface area contributed by atoms with Crippen molar-refractivity contribution in [3.05, 3.63) is 84.3 Å². The normalized spacial score (nSPS) is 15.8. The highest BCUT2D eigenvalue weighted by Crippen LogP contribution is 2.29. The summed E-state index contributed by atoms with van der Waals surface area (Å²) in [6.07, 6.45) is 4.73. The van der Waals surface area contributed by atoms with Crippen LogP contribution in [0.3, 0.4) is 0 Å². The Morgan fingerprint density at radius 3 is 1.47 bits per heavy atom. The van der Waals surface area contributed by atoms with Crippen LogP contribution in [0.1, 0.15) is 11.1 Å². The smallest absolute Gasteiger partial charge is 0.257 e. The molecule has 0 unspecified atom stereocenters. The molecule has 0 fully saturated rings. The van der Waals surface area contributed by atoms with Crippen molar-refractivity contribution >= 4 is 0 Å². The quantitative estimate of drug-likeness (QED) is 0.826. The van der Waals surface area contributed by atoms with E-state index >= 15 is 0 Å². The Balaban J connectivity index is 1.80. The minimum absolute atomic E-state index is 0.608. The highest BCUT2D eigenvalue weighted by Gasteiger charge is 2.36. The highest BCUT2D eigenvalue weighted by atomic mass is 16.7. The Labute approximate surface area is 113 Å². The Morgan fingerprint density at radius 1 is 0.632 bits per heavy atom. The highest BCUT2D eigenvalue weighted by molar-refractivity contribution is 5.21. The zero-order valence-corrected chi connectivity index (χ0v) is 10.7. The van der Waals surface area contributed by atoms with Gasteiger partial charge in [0.05, 0.1) is 12.8 Å². The summed E-state index contributed by atoms with van der Waals surface area (Å²) in [5.41, 5.74) is 2.42. The fourth-order valence-corrected chi connectivity index (χ4v) is 2.37. The lowest BCUT2D eigenvalue weighted by molar-refractivity contribution is -0.139. The largest absolute Gasteiger partial charge is 0.456 e. The molecule has 0 spiro atoms. The molecule has 19 heavy (non-hydrogen) atoms. The van der Waals surface area contributed by atoms with Crippen LogP contribution in [0.15, 0.2) is 73.2 Å². The first kappa shape index (κ1) is 11.8. The van der Waals surface area contributed by atoms with E-state index in [0.717, 1.165) is 12.8 Å². The van der Waals surface area contributed by atoms with Gasteiger partial charge in [-0.05, 0) is 11.1 Å². The van der Waals surface area contributed by atoms with Crippen molar-refractivity contribution in [1.29, 1.82) is 0 Å². The molecule has 1 aliphatic rings. The van der Waals surface area contributed by atoms with Gasteiger partial charge in [0.1, 0.15) is 12.5 Å². The average molecular weight is 252 g/mol. The van der Waals surface area contributed by atoms with Crippen LogP contribution in [0, 0.1) is 0 Å². The van der Waals surface area contributed by atoms with Crippen molar-refractivity contribution in [2.75, 3.05) is 0 Å². The van der Waals surface area contributed by atoms with Crippen molar-refractivity contribution in [2.24, 2.45) is 0 Å². The van der Waals surface area contributed by atoms with E-state index in [9.17, 15) is 0 Å². The molecule has 0 radical (unpaired) electrons. The van der Waals surface area contributed by atoms with Crippen molar-refractivity contribution in [3.8, 4) is 0 Å². The molecule has 0 bridgehead atoms. The van der Waals surface area contributed by atoms with Gasteiger partial charge in [-0.25, -0.2) is 0 Å². The van der Waals surface area contributed by atoms with Crippen LogP contribution in [0.4, 0.5) is 0 Å². The van der Waals surface area contributed by atoms with Crippen LogP contribution in [0.25, 0.3) is 0 Å². The predicted molar refractivity (Wildman–Crippen MR) is 74.3 cm³/mol. The minimum atomic E-state index is -0.608. The average Bonchev–Trinajstić information content (AvgIpc) is 2.89. The molecule has 2 aromatic carbocycles. The zero-order valence-electron chi connectivity index (χ0n) is 10.7. The van der Waals surface area contributed by atoms with E-state index in [2.05, 4.69) is 24.3 Å². The van der Waals surface area contributed by atoms with Crippen LogP contribution in [0.2, 0.25) is 0 Å². The molecule has 0 amide bonds. The lowest BCUT2D eigenvalue weighted by Gasteiger charge is -2.28. The summed E-state index contributed by atoms with van der Waals surface area (Å²) < 4.78 is 11.5. The number of hydrogen-bond donors (Lipinski definition) is 0. The molecule has 2 heteroatoms. The molecule has 0 aliphatic carbocycles. The second kappa shape index (κ2) is 5.19. The van der Waals surface area contributed by atoms with Gasteiger partial charge in [0.25, 0.3) is 5.79 Å². The molecule has 2 nitrogen and oxygen atoms in total. The molecule has 0 saturated heterocycles. The maximum atomic E-state index is 5.75. The van der Waals surface area contributed by atoms with E-state index in [1.165, 1.54) is 11.1 Å². The molecular weight excluding hydrogens is 236 g/mol. The topological polar surface area (TPSA) is 18.5 Å². The van der Waals surface area contributed by atoms with Gasteiger partial charge in [0.2, 0.25) is 0 Å². The van der Waals surface area contributed by atoms with Crippen LogP contribution in [0.5, 0.6) is 0 Å². The third kappa shape index (κ3) is 2.79. The number of rotatable bonds is 4. The summed E-state index contributed by atoms with van der Waals surface area (Å²) in [6, 6.07) is 20.6. The van der Waals surface area contributed by atoms with Gasteiger partial charge in [-0.3, -0.25) is 0 Å². The third-order valence-electron chi connectivity index (χ3n) is 3.25. The van der Waals surface area contributed by atoms with Crippen molar-refractivity contribution in [1.82, 2.24) is 0 Å². The van der Waals surface area contributed by atoms with E-state index in [4.69, 9.17) is 9.47 Å². The molecular formula is C17H16O2. The van der Waals surface area contributed by atoms with Crippen LogP contribution in [-0.2, 0) is 22.3 Å². The first-order valence-electron chi connectivity index (χ1n) is 6.45. The number of hydrogen-bond acceptors (Lipinski definition) is 2. The molecule has 3 rings (SSSR count). The first-order valence-corrected chi connectivity index (χ1v) is 6.45. The maximum Gasteiger partial charge on any atom is 0.257 e. The standard InChI is InChI=1S/C17H16O2/c1-3-7-15(8-4-1)13-17(18-11-12-19-17)14-16-9-5-2-6-10-16/h1-12H,13-14H2. The van der Waals surface area contributed by atoms with E-state index in [1.807, 2.05) is 36.4 Å². The number of ether oxygens (including phenoxy) is 2. The van der Waals surface area contributed by atoms with Gasteiger partial charge in [-0.15, -0.1) is 0 Å². The fourth-order valence-electron chi connectivity index (χ4n) is 2.37. The Hall–Kier alpha value is -2.22. The van der Waals surface area contributed by atoms with Gasteiger partial charge in [0, 0.05) is 0 Å². The molecule has 0 atom stereocenters. The summed E-state index contributed by atoms with van der Waals surface area (Å²) in [4.78, 5) is 0. The lowest BCUT2D eigenvalue weighted by Crippen LogP contribution is -2.35. The van der Waals surface area contributed by atoms with Crippen LogP contribution < -0.4 is 0 Å². The van der Waals surface area contributed by atoms with Gasteiger partial charge in [0.15, 0.2) is 0 Å². The second-order valence-corrected chi connectivity index (χ2v) is 4.74. The molecule has 1 heterocycles. The molecule has 0 N–H and O–H groups in total. The third-order valence-corrected chi connectivity index (χ3v) is 3.25. The molecule has 1 aliphatic heterocycles. The van der Waals surface area contributed by atoms with E-state index in [0.29, 0.717) is 0 Å². The van der Waals surface area contributed by atoms with Gasteiger partial charge >= 0.3 is 0 Å². The molecule has 2 aromatic rings. The van der Waals surface area contributed by atoms with Crippen molar-refractivity contribution in [3.63, 3.8) is 0 Å². The Bertz CT molecular complexity index is 494. The minimum Gasteiger partial charge on any atom is -0.456 e. The van der Waals surface area contributed by atoms with Crippen LogP contribution in [-0.4, -0.2) is 5.79 Å². The molecule has 0 aromatic heterocycles. The SMILES string of the molecule is C1=COC(Cc2ccccc2)(Cc2ccccc2)O1.